The highest BCUT2D eigenvalue weighted by molar-refractivity contribution is 5.35. The van der Waals surface area contributed by atoms with E-state index in [2.05, 4.69) is 16.9 Å². The SMILES string of the molecule is C=C(C=C(C=C(C)C(F)(F)F)C(F)(F)F)CN[N+](=O)N(CC)C1CCN(Cc2ccccc2)C1. The molecule has 5 nitrogen and oxygen atoms in total. The van der Waals surface area contributed by atoms with Crippen LogP contribution in [0.25, 0.3) is 0 Å². The number of rotatable bonds is 10. The number of halogens is 6. The van der Waals surface area contributed by atoms with Crippen LogP contribution in [0.4, 0.5) is 26.3 Å². The van der Waals surface area contributed by atoms with E-state index in [1.807, 2.05) is 30.3 Å². The third-order valence-electron chi connectivity index (χ3n) is 5.42. The fraction of sp³-hybridized carbons (Fsp3) is 0.478. The highest BCUT2D eigenvalue weighted by atomic mass is 19.4. The first-order chi connectivity index (χ1) is 15.8. The van der Waals surface area contributed by atoms with Crippen molar-refractivity contribution in [2.24, 2.45) is 0 Å². The number of allylic oxidation sites excluding steroid dienone is 3. The summed E-state index contributed by atoms with van der Waals surface area (Å²) in [6.45, 7) is 7.97. The molecule has 1 N–H and O–H groups in total. The molecule has 0 aromatic heterocycles. The predicted molar refractivity (Wildman–Crippen MR) is 117 cm³/mol. The van der Waals surface area contributed by atoms with Gasteiger partial charge >= 0.3 is 12.4 Å². The minimum absolute atomic E-state index is 0.0261. The quantitative estimate of drug-likeness (QED) is 0.208. The molecule has 11 heteroatoms. The molecule has 1 heterocycles. The van der Waals surface area contributed by atoms with E-state index in [1.165, 1.54) is 5.01 Å². The van der Waals surface area contributed by atoms with Gasteiger partial charge in [0.05, 0.1) is 17.0 Å². The summed E-state index contributed by atoms with van der Waals surface area (Å²) < 4.78 is 77.5. The summed E-state index contributed by atoms with van der Waals surface area (Å²) in [6.07, 6.45) is -8.62. The van der Waals surface area contributed by atoms with Gasteiger partial charge in [-0.3, -0.25) is 4.90 Å². The molecule has 1 aromatic rings. The average Bonchev–Trinajstić information content (AvgIpc) is 3.19. The predicted octanol–water partition coefficient (Wildman–Crippen LogP) is 5.33. The Morgan fingerprint density at radius 3 is 2.38 bits per heavy atom. The van der Waals surface area contributed by atoms with E-state index >= 15 is 0 Å². The lowest BCUT2D eigenvalue weighted by Gasteiger charge is -2.20. The Hall–Kier alpha value is -2.82. The molecular weight excluding hydrogens is 462 g/mol. The zero-order chi connectivity index (χ0) is 25.5. The summed E-state index contributed by atoms with van der Waals surface area (Å²) in [4.78, 5) is 15.3. The summed E-state index contributed by atoms with van der Waals surface area (Å²) in [5, 5.41) is 1.53. The standard InChI is InChI=1S/C23H29F6N4O/c1-4-32(21-10-11-31(16-21)15-19-8-6-5-7-9-19)33(34)30-14-17(2)12-20(23(27,28)29)13-18(3)22(24,25)26/h5-9,12-13,21H,2,4,10-11,14-16H2,1,3H3,(H,30,34)/q+1. The van der Waals surface area contributed by atoms with Crippen molar-refractivity contribution in [3.8, 4) is 0 Å². The molecular formula is C23H29F6N4O+. The Balaban J connectivity index is 1.97. The highest BCUT2D eigenvalue weighted by Gasteiger charge is 2.37. The van der Waals surface area contributed by atoms with Crippen LogP contribution in [-0.4, -0.2) is 59.5 Å². The number of hydrogen-bond acceptors (Lipinski definition) is 2. The molecule has 0 bridgehead atoms. The van der Waals surface area contributed by atoms with Crippen molar-refractivity contribution >= 4 is 0 Å². The van der Waals surface area contributed by atoms with Crippen molar-refractivity contribution in [1.29, 1.82) is 0 Å². The summed E-state index contributed by atoms with van der Waals surface area (Å²) in [7, 11) is 0. The molecule has 1 atom stereocenters. The topological polar surface area (TPSA) is 38.6 Å². The Morgan fingerprint density at radius 2 is 1.82 bits per heavy atom. The van der Waals surface area contributed by atoms with Crippen molar-refractivity contribution in [3.05, 3.63) is 76.3 Å². The number of nitroso groups, excluding NO2 is 1. The lowest BCUT2D eigenvalue weighted by atomic mass is 10.1. The van der Waals surface area contributed by atoms with E-state index in [0.717, 1.165) is 25.1 Å². The van der Waals surface area contributed by atoms with Crippen LogP contribution in [0.3, 0.4) is 0 Å². The minimum Gasteiger partial charge on any atom is -0.297 e. The van der Waals surface area contributed by atoms with Crippen molar-refractivity contribution in [2.45, 2.75) is 45.2 Å². The first-order valence-corrected chi connectivity index (χ1v) is 10.8. The Morgan fingerprint density at radius 1 is 1.18 bits per heavy atom. The Labute approximate surface area is 194 Å². The maximum atomic E-state index is 13.2. The number of nitrogens with one attached hydrogen (secondary N) is 1. The van der Waals surface area contributed by atoms with Crippen LogP contribution in [0.15, 0.2) is 65.8 Å². The van der Waals surface area contributed by atoms with Gasteiger partial charge in [-0.2, -0.15) is 26.3 Å². The summed E-state index contributed by atoms with van der Waals surface area (Å²) in [5.74, 6) is 0. The molecule has 1 unspecified atom stereocenters. The smallest absolute Gasteiger partial charge is 0.297 e. The maximum Gasteiger partial charge on any atom is 0.416 e. The van der Waals surface area contributed by atoms with Crippen molar-refractivity contribution < 1.29 is 31.3 Å². The van der Waals surface area contributed by atoms with Gasteiger partial charge in [-0.15, -0.1) is 10.4 Å². The van der Waals surface area contributed by atoms with Gasteiger partial charge < -0.3 is 0 Å². The maximum absolute atomic E-state index is 13.2. The van der Waals surface area contributed by atoms with E-state index in [4.69, 9.17) is 0 Å². The lowest BCUT2D eigenvalue weighted by Crippen LogP contribution is -2.49. The second kappa shape index (κ2) is 11.5. The molecule has 0 amide bonds. The number of nitrogens with zero attached hydrogens (tertiary/aromatic N) is 3. The molecule has 2 rings (SSSR count). The normalized spacial score (nSPS) is 18.2. The molecule has 34 heavy (non-hydrogen) atoms. The number of benzene rings is 1. The number of hydrogen-bond donors (Lipinski definition) is 1. The van der Waals surface area contributed by atoms with Gasteiger partial charge in [-0.05, 0) is 43.6 Å². The van der Waals surface area contributed by atoms with E-state index < -0.39 is 23.5 Å². The minimum atomic E-state index is -5.01. The average molecular weight is 492 g/mol. The molecule has 1 aliphatic rings. The van der Waals surface area contributed by atoms with Gasteiger partial charge in [0.1, 0.15) is 12.6 Å². The zero-order valence-corrected chi connectivity index (χ0v) is 19.1. The molecule has 0 saturated carbocycles. The second-order valence-corrected chi connectivity index (χ2v) is 8.11. The lowest BCUT2D eigenvalue weighted by molar-refractivity contribution is -0.758. The Bertz CT molecular complexity index is 908. The molecule has 0 spiro atoms. The zero-order valence-electron chi connectivity index (χ0n) is 19.1. The van der Waals surface area contributed by atoms with Crippen LogP contribution in [0.1, 0.15) is 25.8 Å². The monoisotopic (exact) mass is 491 g/mol. The van der Waals surface area contributed by atoms with E-state index in [9.17, 15) is 31.2 Å². The van der Waals surface area contributed by atoms with Crippen LogP contribution in [-0.2, 0) is 6.54 Å². The fourth-order valence-electron chi connectivity index (χ4n) is 3.63. The van der Waals surface area contributed by atoms with Gasteiger partial charge in [-0.1, -0.05) is 36.9 Å². The molecule has 1 saturated heterocycles. The van der Waals surface area contributed by atoms with Crippen molar-refractivity contribution in [3.63, 3.8) is 0 Å². The van der Waals surface area contributed by atoms with Gasteiger partial charge in [0.25, 0.3) is 0 Å². The molecule has 188 valence electrons. The van der Waals surface area contributed by atoms with E-state index in [1.54, 1.807) is 6.92 Å². The van der Waals surface area contributed by atoms with E-state index in [-0.39, 0.29) is 24.2 Å². The Kier molecular flexibility index (Phi) is 9.31. The number of hydrazine groups is 2. The molecule has 1 fully saturated rings. The summed E-state index contributed by atoms with van der Waals surface area (Å²) in [5.41, 5.74) is 0.530. The van der Waals surface area contributed by atoms with Crippen molar-refractivity contribution in [2.75, 3.05) is 26.2 Å². The first kappa shape index (κ1) is 27.4. The van der Waals surface area contributed by atoms with Crippen LogP contribution >= 0.6 is 0 Å². The van der Waals surface area contributed by atoms with Gasteiger partial charge in [0.2, 0.25) is 4.98 Å². The third kappa shape index (κ3) is 8.19. The number of likely N-dealkylation sites (N-methyl/N-ethyl adjacent to an activating group) is 1. The fourth-order valence-corrected chi connectivity index (χ4v) is 3.63. The third-order valence-corrected chi connectivity index (χ3v) is 5.42. The largest absolute Gasteiger partial charge is 0.416 e. The van der Waals surface area contributed by atoms with Gasteiger partial charge in [-0.25, -0.2) is 0 Å². The van der Waals surface area contributed by atoms with Crippen LogP contribution in [0.2, 0.25) is 0 Å². The van der Waals surface area contributed by atoms with Crippen LogP contribution in [0.5, 0.6) is 0 Å². The molecule has 0 radical (unpaired) electrons. The number of likely N-dealkylation sites (tertiary alicyclic amines) is 1. The molecule has 1 aliphatic heterocycles. The summed E-state index contributed by atoms with van der Waals surface area (Å²) >= 11 is 0. The second-order valence-electron chi connectivity index (χ2n) is 8.11. The molecule has 1 aromatic carbocycles. The van der Waals surface area contributed by atoms with Gasteiger partial charge in [0, 0.05) is 25.2 Å². The highest BCUT2D eigenvalue weighted by Crippen LogP contribution is 2.32. The summed E-state index contributed by atoms with van der Waals surface area (Å²) in [6, 6.07) is 9.79. The molecule has 0 aliphatic carbocycles. The number of alkyl halides is 6. The first-order valence-electron chi connectivity index (χ1n) is 10.8. The van der Waals surface area contributed by atoms with Crippen LogP contribution < -0.4 is 5.43 Å². The van der Waals surface area contributed by atoms with Gasteiger partial charge in [0.15, 0.2) is 0 Å². The van der Waals surface area contributed by atoms with Crippen LogP contribution in [0, 0.1) is 4.91 Å². The van der Waals surface area contributed by atoms with Crippen molar-refractivity contribution in [1.82, 2.24) is 15.3 Å². The van der Waals surface area contributed by atoms with E-state index in [0.29, 0.717) is 31.1 Å².